The van der Waals surface area contributed by atoms with Gasteiger partial charge in [-0.1, -0.05) is 18.2 Å². The average molecular weight is 426 g/mol. The van der Waals surface area contributed by atoms with Crippen LogP contribution in [0.25, 0.3) is 11.1 Å². The first kappa shape index (κ1) is 22.1. The summed E-state index contributed by atoms with van der Waals surface area (Å²) < 4.78 is 10.9. The highest BCUT2D eigenvalue weighted by molar-refractivity contribution is 5.91. The van der Waals surface area contributed by atoms with E-state index >= 15 is 0 Å². The number of anilines is 1. The number of hydrogen-bond donors (Lipinski definition) is 4. The van der Waals surface area contributed by atoms with Gasteiger partial charge in [0.15, 0.2) is 0 Å². The van der Waals surface area contributed by atoms with E-state index in [4.69, 9.17) is 14.6 Å². The van der Waals surface area contributed by atoms with Crippen LogP contribution in [-0.4, -0.2) is 64.8 Å². The Morgan fingerprint density at radius 3 is 2.74 bits per heavy atom. The maximum Gasteiger partial charge on any atom is 0.322 e. The molecule has 0 saturated heterocycles. The third kappa shape index (κ3) is 5.97. The van der Waals surface area contributed by atoms with E-state index in [1.165, 1.54) is 4.90 Å². The van der Waals surface area contributed by atoms with Crippen molar-refractivity contribution in [2.45, 2.75) is 6.54 Å². The maximum atomic E-state index is 13.0. The molecule has 9 heteroatoms. The molecule has 0 unspecified atom stereocenters. The minimum absolute atomic E-state index is 0.0852. The number of aromatic nitrogens is 2. The van der Waals surface area contributed by atoms with E-state index < -0.39 is 0 Å². The van der Waals surface area contributed by atoms with Gasteiger partial charge in [0, 0.05) is 24.8 Å². The summed E-state index contributed by atoms with van der Waals surface area (Å²) in [7, 11) is 1.58. The SMILES string of the molecule is COc1cccc(CN(CCO)C(=O)Nc2ccc(-c3cn[nH]c3)cc2OCCO)c1. The smallest absolute Gasteiger partial charge is 0.322 e. The van der Waals surface area contributed by atoms with Crippen LogP contribution in [0.15, 0.2) is 54.9 Å². The summed E-state index contributed by atoms with van der Waals surface area (Å²) in [5, 5.41) is 28.1. The van der Waals surface area contributed by atoms with Crippen LogP contribution in [-0.2, 0) is 6.54 Å². The zero-order valence-electron chi connectivity index (χ0n) is 17.2. The van der Waals surface area contributed by atoms with Gasteiger partial charge < -0.3 is 29.9 Å². The number of urea groups is 1. The summed E-state index contributed by atoms with van der Waals surface area (Å²) in [6.45, 7) is 0.203. The molecular formula is C22H26N4O5. The molecule has 0 spiro atoms. The number of ether oxygens (including phenoxy) is 2. The van der Waals surface area contributed by atoms with Gasteiger partial charge in [-0.25, -0.2) is 4.79 Å². The molecule has 2 aromatic carbocycles. The number of rotatable bonds is 10. The Morgan fingerprint density at radius 2 is 2.03 bits per heavy atom. The normalized spacial score (nSPS) is 10.5. The molecule has 9 nitrogen and oxygen atoms in total. The largest absolute Gasteiger partial charge is 0.497 e. The number of carbonyl (C=O) groups is 1. The molecule has 2 amide bonds. The molecule has 3 rings (SSSR count). The molecule has 0 fully saturated rings. The third-order valence-electron chi connectivity index (χ3n) is 4.57. The fourth-order valence-corrected chi connectivity index (χ4v) is 3.05. The first-order chi connectivity index (χ1) is 15.1. The van der Waals surface area contributed by atoms with Crippen LogP contribution in [0.2, 0.25) is 0 Å². The third-order valence-corrected chi connectivity index (χ3v) is 4.57. The van der Waals surface area contributed by atoms with Crippen molar-refractivity contribution in [2.24, 2.45) is 0 Å². The Hall–Kier alpha value is -3.56. The van der Waals surface area contributed by atoms with Crippen molar-refractivity contribution in [3.8, 4) is 22.6 Å². The molecular weight excluding hydrogens is 400 g/mol. The second-order valence-electron chi connectivity index (χ2n) is 6.70. The molecule has 4 N–H and O–H groups in total. The number of hydrogen-bond acceptors (Lipinski definition) is 6. The summed E-state index contributed by atoms with van der Waals surface area (Å²) in [6, 6.07) is 12.4. The summed E-state index contributed by atoms with van der Waals surface area (Å²) >= 11 is 0. The second-order valence-corrected chi connectivity index (χ2v) is 6.70. The molecule has 0 saturated carbocycles. The highest BCUT2D eigenvalue weighted by atomic mass is 16.5. The number of methoxy groups -OCH3 is 1. The monoisotopic (exact) mass is 426 g/mol. The second kappa shape index (κ2) is 11.0. The van der Waals surface area contributed by atoms with Crippen molar-refractivity contribution < 1.29 is 24.5 Å². The van der Waals surface area contributed by atoms with E-state index in [0.717, 1.165) is 16.7 Å². The van der Waals surface area contributed by atoms with Gasteiger partial charge in [-0.2, -0.15) is 5.10 Å². The zero-order chi connectivity index (χ0) is 22.1. The molecule has 0 aliphatic rings. The molecule has 0 radical (unpaired) electrons. The first-order valence-corrected chi connectivity index (χ1v) is 9.81. The van der Waals surface area contributed by atoms with E-state index in [2.05, 4.69) is 15.5 Å². The molecule has 164 valence electrons. The lowest BCUT2D eigenvalue weighted by atomic mass is 10.1. The maximum absolute atomic E-state index is 13.0. The topological polar surface area (TPSA) is 120 Å². The van der Waals surface area contributed by atoms with Crippen LogP contribution >= 0.6 is 0 Å². The number of nitrogens with zero attached hydrogens (tertiary/aromatic N) is 2. The highest BCUT2D eigenvalue weighted by Crippen LogP contribution is 2.31. The van der Waals surface area contributed by atoms with E-state index in [1.807, 2.05) is 30.3 Å². The van der Waals surface area contributed by atoms with Crippen LogP contribution in [0, 0.1) is 0 Å². The van der Waals surface area contributed by atoms with Gasteiger partial charge >= 0.3 is 6.03 Å². The molecule has 1 aromatic heterocycles. The summed E-state index contributed by atoms with van der Waals surface area (Å²) in [6.07, 6.45) is 3.43. The van der Waals surface area contributed by atoms with Crippen molar-refractivity contribution in [3.63, 3.8) is 0 Å². The first-order valence-electron chi connectivity index (χ1n) is 9.81. The molecule has 0 bridgehead atoms. The van der Waals surface area contributed by atoms with Gasteiger partial charge in [0.1, 0.15) is 18.1 Å². The van der Waals surface area contributed by atoms with E-state index in [1.54, 1.807) is 31.6 Å². The van der Waals surface area contributed by atoms with Crippen molar-refractivity contribution in [2.75, 3.05) is 38.8 Å². The van der Waals surface area contributed by atoms with Crippen LogP contribution in [0.3, 0.4) is 0 Å². The number of aliphatic hydroxyl groups excluding tert-OH is 2. The fraction of sp³-hybridized carbons (Fsp3) is 0.273. The van der Waals surface area contributed by atoms with Crippen molar-refractivity contribution >= 4 is 11.7 Å². The quantitative estimate of drug-likeness (QED) is 0.395. The number of aliphatic hydroxyl groups is 2. The lowest BCUT2D eigenvalue weighted by Crippen LogP contribution is -2.36. The van der Waals surface area contributed by atoms with Crippen molar-refractivity contribution in [1.29, 1.82) is 0 Å². The van der Waals surface area contributed by atoms with Gasteiger partial charge in [0.2, 0.25) is 0 Å². The lowest BCUT2D eigenvalue weighted by Gasteiger charge is -2.23. The molecule has 3 aromatic rings. The Morgan fingerprint density at radius 1 is 1.16 bits per heavy atom. The molecule has 1 heterocycles. The standard InChI is InChI=1S/C22H26N4O5/c1-30-19-4-2-3-16(11-19)15-26(7-8-27)22(29)25-20-6-5-17(18-13-23-24-14-18)12-21(20)31-10-9-28/h2-6,11-14,27-28H,7-10,15H2,1H3,(H,23,24)(H,25,29). The van der Waals surface area contributed by atoms with Crippen LogP contribution in [0.4, 0.5) is 10.5 Å². The van der Waals surface area contributed by atoms with Gasteiger partial charge in [0.25, 0.3) is 0 Å². The number of benzene rings is 2. The fourth-order valence-electron chi connectivity index (χ4n) is 3.05. The minimum Gasteiger partial charge on any atom is -0.497 e. The average Bonchev–Trinajstić information content (AvgIpc) is 3.33. The number of carbonyl (C=O) groups excluding carboxylic acids is 1. The Bertz CT molecular complexity index is 978. The van der Waals surface area contributed by atoms with E-state index in [-0.39, 0.29) is 32.4 Å². The Kier molecular flexibility index (Phi) is 7.85. The number of H-pyrrole nitrogens is 1. The van der Waals surface area contributed by atoms with Crippen molar-refractivity contribution in [1.82, 2.24) is 15.1 Å². The number of amides is 2. The van der Waals surface area contributed by atoms with Crippen LogP contribution in [0.5, 0.6) is 11.5 Å². The van der Waals surface area contributed by atoms with Gasteiger partial charge in [0.05, 0.1) is 32.2 Å². The summed E-state index contributed by atoms with van der Waals surface area (Å²) in [4.78, 5) is 14.4. The van der Waals surface area contributed by atoms with E-state index in [9.17, 15) is 9.90 Å². The predicted molar refractivity (Wildman–Crippen MR) is 116 cm³/mol. The Balaban J connectivity index is 1.79. The summed E-state index contributed by atoms with van der Waals surface area (Å²) in [5.41, 5.74) is 3.05. The zero-order valence-corrected chi connectivity index (χ0v) is 17.2. The molecule has 0 atom stereocenters. The van der Waals surface area contributed by atoms with Crippen LogP contribution in [0.1, 0.15) is 5.56 Å². The van der Waals surface area contributed by atoms with Crippen LogP contribution < -0.4 is 14.8 Å². The molecule has 31 heavy (non-hydrogen) atoms. The lowest BCUT2D eigenvalue weighted by molar-refractivity contribution is 0.185. The summed E-state index contributed by atoms with van der Waals surface area (Å²) in [5.74, 6) is 1.11. The minimum atomic E-state index is -0.387. The van der Waals surface area contributed by atoms with Gasteiger partial charge in [-0.3, -0.25) is 5.10 Å². The number of aromatic amines is 1. The van der Waals surface area contributed by atoms with Gasteiger partial charge in [-0.15, -0.1) is 0 Å². The predicted octanol–water partition coefficient (Wildman–Crippen LogP) is 2.48. The van der Waals surface area contributed by atoms with Gasteiger partial charge in [-0.05, 0) is 35.4 Å². The molecule has 0 aliphatic carbocycles. The number of nitrogens with one attached hydrogen (secondary N) is 2. The highest BCUT2D eigenvalue weighted by Gasteiger charge is 2.17. The van der Waals surface area contributed by atoms with E-state index in [0.29, 0.717) is 23.7 Å². The van der Waals surface area contributed by atoms with Crippen molar-refractivity contribution in [3.05, 3.63) is 60.4 Å². The molecule has 0 aliphatic heterocycles. The Labute approximate surface area is 180 Å².